The van der Waals surface area contributed by atoms with E-state index in [1.165, 1.54) is 38.8 Å². The molecule has 0 bridgehead atoms. The van der Waals surface area contributed by atoms with Gasteiger partial charge >= 0.3 is 0 Å². The third kappa shape index (κ3) is 2.10. The second-order valence-electron chi connectivity index (χ2n) is 4.70. The van der Waals surface area contributed by atoms with Crippen molar-refractivity contribution in [2.24, 2.45) is 11.7 Å². The summed E-state index contributed by atoms with van der Waals surface area (Å²) in [4.78, 5) is 2.63. The molecule has 0 aromatic heterocycles. The fourth-order valence-corrected chi connectivity index (χ4v) is 2.58. The van der Waals surface area contributed by atoms with Crippen LogP contribution in [0.4, 0.5) is 0 Å². The van der Waals surface area contributed by atoms with Gasteiger partial charge < -0.3 is 15.4 Å². The highest BCUT2D eigenvalue weighted by molar-refractivity contribution is 4.89. The number of hydrogen-bond donors (Lipinski definition) is 1. The van der Waals surface area contributed by atoms with Crippen molar-refractivity contribution >= 4 is 0 Å². The van der Waals surface area contributed by atoms with Crippen molar-refractivity contribution in [1.29, 1.82) is 0 Å². The van der Waals surface area contributed by atoms with Gasteiger partial charge in [-0.2, -0.15) is 0 Å². The molecule has 2 aliphatic rings. The van der Waals surface area contributed by atoms with E-state index in [1.807, 2.05) is 7.11 Å². The number of nitrogens with zero attached hydrogens (tertiary/aromatic N) is 1. The first-order valence-corrected chi connectivity index (χ1v) is 5.80. The van der Waals surface area contributed by atoms with Crippen LogP contribution in [0.15, 0.2) is 0 Å². The molecule has 1 saturated heterocycles. The maximum atomic E-state index is 5.68. The predicted molar refractivity (Wildman–Crippen MR) is 57.2 cm³/mol. The molecule has 0 aromatic carbocycles. The number of rotatable bonds is 3. The fraction of sp³-hybridized carbons (Fsp3) is 1.00. The molecule has 0 atom stereocenters. The van der Waals surface area contributed by atoms with Crippen LogP contribution >= 0.6 is 0 Å². The average Bonchev–Trinajstić information content (AvgIpc) is 2.17. The van der Waals surface area contributed by atoms with Gasteiger partial charge in [-0.15, -0.1) is 0 Å². The molecule has 0 radical (unpaired) electrons. The lowest BCUT2D eigenvalue weighted by molar-refractivity contribution is -0.0358. The maximum absolute atomic E-state index is 5.68. The summed E-state index contributed by atoms with van der Waals surface area (Å²) >= 11 is 0. The van der Waals surface area contributed by atoms with E-state index < -0.39 is 0 Å². The van der Waals surface area contributed by atoms with Gasteiger partial charge in [-0.25, -0.2) is 0 Å². The first-order valence-electron chi connectivity index (χ1n) is 5.80. The zero-order chi connectivity index (χ0) is 9.97. The molecule has 2 rings (SSSR count). The lowest BCUT2D eigenvalue weighted by Crippen LogP contribution is -2.51. The molecule has 3 nitrogen and oxygen atoms in total. The van der Waals surface area contributed by atoms with Crippen molar-refractivity contribution in [2.75, 3.05) is 26.7 Å². The highest BCUT2D eigenvalue weighted by Gasteiger charge is 2.34. The molecular formula is C11H22N2O. The van der Waals surface area contributed by atoms with Gasteiger partial charge in [0, 0.05) is 13.2 Å². The largest absolute Gasteiger partial charge is 0.381 e. The summed E-state index contributed by atoms with van der Waals surface area (Å²) in [5.74, 6) is 0.782. The maximum Gasteiger partial charge on any atom is 0.0601 e. The Morgan fingerprint density at radius 1 is 1.29 bits per heavy atom. The second-order valence-corrected chi connectivity index (χ2v) is 4.70. The smallest absolute Gasteiger partial charge is 0.0601 e. The Hall–Kier alpha value is -0.120. The highest BCUT2D eigenvalue weighted by Crippen LogP contribution is 2.30. The molecule has 3 heteroatoms. The van der Waals surface area contributed by atoms with E-state index >= 15 is 0 Å². The van der Waals surface area contributed by atoms with Gasteiger partial charge in [-0.3, -0.25) is 0 Å². The molecule has 14 heavy (non-hydrogen) atoms. The monoisotopic (exact) mass is 198 g/mol. The summed E-state index contributed by atoms with van der Waals surface area (Å²) in [6.45, 7) is 3.38. The zero-order valence-electron chi connectivity index (χ0n) is 9.11. The molecule has 1 aliphatic carbocycles. The SMILES string of the molecule is COC1CC(N2CCC(CN)CC2)C1. The molecule has 0 aromatic rings. The van der Waals surface area contributed by atoms with Crippen LogP contribution in [-0.4, -0.2) is 43.8 Å². The average molecular weight is 198 g/mol. The third-order valence-electron chi connectivity index (χ3n) is 3.90. The van der Waals surface area contributed by atoms with Crippen LogP contribution in [0, 0.1) is 5.92 Å². The normalized spacial score (nSPS) is 35.6. The van der Waals surface area contributed by atoms with Crippen LogP contribution in [0.5, 0.6) is 0 Å². The summed E-state index contributed by atoms with van der Waals surface area (Å²) in [6, 6.07) is 0.804. The molecule has 0 amide bonds. The molecule has 1 heterocycles. The Morgan fingerprint density at radius 3 is 2.43 bits per heavy atom. The number of nitrogens with two attached hydrogens (primary N) is 1. The first kappa shape index (κ1) is 10.4. The molecule has 2 N–H and O–H groups in total. The molecule has 2 fully saturated rings. The van der Waals surface area contributed by atoms with Crippen molar-refractivity contribution < 1.29 is 4.74 Å². The fourth-order valence-electron chi connectivity index (χ4n) is 2.58. The van der Waals surface area contributed by atoms with Crippen LogP contribution in [0.2, 0.25) is 0 Å². The van der Waals surface area contributed by atoms with E-state index in [4.69, 9.17) is 10.5 Å². The van der Waals surface area contributed by atoms with Crippen LogP contribution in [-0.2, 0) is 4.74 Å². The Balaban J connectivity index is 1.69. The minimum absolute atomic E-state index is 0.534. The minimum atomic E-state index is 0.534. The molecule has 0 spiro atoms. The lowest BCUT2D eigenvalue weighted by Gasteiger charge is -2.45. The lowest BCUT2D eigenvalue weighted by atomic mass is 9.85. The molecule has 1 aliphatic heterocycles. The number of likely N-dealkylation sites (tertiary alicyclic amines) is 1. The highest BCUT2D eigenvalue weighted by atomic mass is 16.5. The Morgan fingerprint density at radius 2 is 1.93 bits per heavy atom. The van der Waals surface area contributed by atoms with E-state index in [0.717, 1.165) is 18.5 Å². The number of piperidine rings is 1. The molecule has 82 valence electrons. The number of hydrogen-bond acceptors (Lipinski definition) is 3. The third-order valence-corrected chi connectivity index (χ3v) is 3.90. The summed E-state index contributed by atoms with van der Waals surface area (Å²) in [6.07, 6.45) is 5.61. The van der Waals surface area contributed by atoms with Crippen molar-refractivity contribution in [3.05, 3.63) is 0 Å². The Labute approximate surface area is 86.6 Å². The van der Waals surface area contributed by atoms with E-state index in [0.29, 0.717) is 6.10 Å². The predicted octanol–water partition coefficient (Wildman–Crippen LogP) is 0.834. The van der Waals surface area contributed by atoms with Crippen molar-refractivity contribution in [3.8, 4) is 0 Å². The topological polar surface area (TPSA) is 38.5 Å². The molecular weight excluding hydrogens is 176 g/mol. The second kappa shape index (κ2) is 4.60. The summed E-state index contributed by atoms with van der Waals surface area (Å²) in [5.41, 5.74) is 5.68. The van der Waals surface area contributed by atoms with Crippen LogP contribution in [0.25, 0.3) is 0 Å². The van der Waals surface area contributed by atoms with Crippen molar-refractivity contribution in [2.45, 2.75) is 37.8 Å². The van der Waals surface area contributed by atoms with Gasteiger partial charge in [0.1, 0.15) is 0 Å². The van der Waals surface area contributed by atoms with Crippen LogP contribution in [0.3, 0.4) is 0 Å². The van der Waals surface area contributed by atoms with Crippen molar-refractivity contribution in [1.82, 2.24) is 4.90 Å². The van der Waals surface area contributed by atoms with Crippen molar-refractivity contribution in [3.63, 3.8) is 0 Å². The van der Waals surface area contributed by atoms with Crippen LogP contribution < -0.4 is 5.73 Å². The van der Waals surface area contributed by atoms with E-state index in [9.17, 15) is 0 Å². The van der Waals surface area contributed by atoms with Gasteiger partial charge in [0.15, 0.2) is 0 Å². The first-order chi connectivity index (χ1) is 6.83. The van der Waals surface area contributed by atoms with E-state index in [2.05, 4.69) is 4.90 Å². The van der Waals surface area contributed by atoms with Gasteiger partial charge in [0.05, 0.1) is 6.10 Å². The summed E-state index contributed by atoms with van der Waals surface area (Å²) in [7, 11) is 1.82. The van der Waals surface area contributed by atoms with Gasteiger partial charge in [-0.1, -0.05) is 0 Å². The van der Waals surface area contributed by atoms with Gasteiger partial charge in [0.2, 0.25) is 0 Å². The van der Waals surface area contributed by atoms with E-state index in [-0.39, 0.29) is 0 Å². The van der Waals surface area contributed by atoms with Gasteiger partial charge in [-0.05, 0) is 51.2 Å². The summed E-state index contributed by atoms with van der Waals surface area (Å²) < 4.78 is 5.30. The minimum Gasteiger partial charge on any atom is -0.381 e. The molecule has 0 unspecified atom stereocenters. The Kier molecular flexibility index (Phi) is 3.42. The number of methoxy groups -OCH3 is 1. The Bertz CT molecular complexity index is 172. The zero-order valence-corrected chi connectivity index (χ0v) is 9.11. The van der Waals surface area contributed by atoms with E-state index in [1.54, 1.807) is 0 Å². The quantitative estimate of drug-likeness (QED) is 0.730. The summed E-state index contributed by atoms with van der Waals surface area (Å²) in [5, 5.41) is 0. The van der Waals surface area contributed by atoms with Gasteiger partial charge in [0.25, 0.3) is 0 Å². The van der Waals surface area contributed by atoms with Crippen LogP contribution in [0.1, 0.15) is 25.7 Å². The molecule has 1 saturated carbocycles. The number of ether oxygens (including phenoxy) is 1. The standard InChI is InChI=1S/C11H22N2O/c1-14-11-6-10(7-11)13-4-2-9(8-12)3-5-13/h9-11H,2-8,12H2,1H3.